The second-order valence-corrected chi connectivity index (χ2v) is 21.4. The second-order valence-electron chi connectivity index (χ2n) is 6.06. The molecule has 0 amide bonds. The van der Waals surface area contributed by atoms with Gasteiger partial charge in [-0.15, -0.1) is 0 Å². The van der Waals surface area contributed by atoms with Crippen molar-refractivity contribution < 1.29 is 48.2 Å². The molecule has 0 saturated carbocycles. The molecule has 17 heteroatoms. The van der Waals surface area contributed by atoms with E-state index in [1.807, 2.05) is 0 Å². The van der Waals surface area contributed by atoms with E-state index >= 15 is 0 Å². The third-order valence-electron chi connectivity index (χ3n) is 3.60. The summed E-state index contributed by atoms with van der Waals surface area (Å²) in [5.41, 5.74) is -11.4. The molecule has 0 aliphatic heterocycles. The van der Waals surface area contributed by atoms with Gasteiger partial charge in [0.2, 0.25) is 0 Å². The molecule has 3 rings (SSSR count). The van der Waals surface area contributed by atoms with E-state index in [2.05, 4.69) is 5.03 Å². The summed E-state index contributed by atoms with van der Waals surface area (Å²) in [5, 5.41) is 0. The Morgan fingerprint density at radius 3 is 1.17 bits per heavy atom. The molecule has 0 fully saturated rings. The number of hydrogen-bond acceptors (Lipinski definition) is 7. The van der Waals surface area contributed by atoms with E-state index in [0.717, 1.165) is 0 Å². The van der Waals surface area contributed by atoms with Crippen LogP contribution in [-0.2, 0) is 25.3 Å². The quantitative estimate of drug-likeness (QED) is 0.149. The van der Waals surface area contributed by atoms with Crippen LogP contribution in [0.2, 0.25) is 0 Å². The Morgan fingerprint density at radius 2 is 0.886 bits per heavy atom. The van der Waals surface area contributed by atoms with Gasteiger partial charge in [-0.2, -0.15) is 0 Å². The Morgan fingerprint density at radius 1 is 0.571 bits per heavy atom. The van der Waals surface area contributed by atoms with Gasteiger partial charge in [0, 0.05) is 0 Å². The minimum atomic E-state index is -5.99. The molecule has 0 unspecified atom stereocenters. The molecule has 6 nitrogen and oxygen atoms in total. The topological polar surface area (TPSA) is 86.7 Å². The number of thiophene rings is 1. The standard InChI is InChI=1S/C18H12F6I2O6S3/c19-17(20,21)34(27,28)31-25(13-7-3-1-4-8-13)15-11-12-16(33-15)26(14-9-5-2-6-10-14)32-35(29,30)18(22,23)24/h1-12H. The summed E-state index contributed by atoms with van der Waals surface area (Å²) in [7, 11) is -12.0. The molecular weight excluding hydrogens is 776 g/mol. The van der Waals surface area contributed by atoms with Crippen molar-refractivity contribution >= 4 is 72.0 Å². The Kier molecular flexibility index (Phi) is 8.80. The average Bonchev–Trinajstić information content (AvgIpc) is 3.25. The molecule has 0 aliphatic carbocycles. The molecule has 0 radical (unpaired) electrons. The van der Waals surface area contributed by atoms with Crippen molar-refractivity contribution in [1.82, 2.24) is 0 Å². The fourth-order valence-corrected chi connectivity index (χ4v) is 20.3. The molecule has 2 aromatic carbocycles. The zero-order chi connectivity index (χ0) is 26.1. The summed E-state index contributed by atoms with van der Waals surface area (Å²) in [5.74, 6) is 0. The van der Waals surface area contributed by atoms with E-state index in [4.69, 9.17) is 0 Å². The zero-order valence-corrected chi connectivity index (χ0v) is 23.4. The monoisotopic (exact) mass is 788 g/mol. The predicted molar refractivity (Wildman–Crippen MR) is 132 cm³/mol. The fourth-order valence-electron chi connectivity index (χ4n) is 2.12. The van der Waals surface area contributed by atoms with Crippen LogP contribution in [0.1, 0.15) is 0 Å². The van der Waals surface area contributed by atoms with Crippen LogP contribution in [0.3, 0.4) is 0 Å². The molecule has 0 saturated heterocycles. The van der Waals surface area contributed by atoms with Crippen molar-refractivity contribution in [3.05, 3.63) is 85.7 Å². The van der Waals surface area contributed by atoms with Crippen LogP contribution in [0, 0.1) is 12.9 Å². The number of hydrogen-bond donors (Lipinski definition) is 0. The van der Waals surface area contributed by atoms with Gasteiger partial charge < -0.3 is 0 Å². The Hall–Kier alpha value is -1.00. The van der Waals surface area contributed by atoms with Gasteiger partial charge >= 0.3 is 217 Å². The molecule has 0 bridgehead atoms. The van der Waals surface area contributed by atoms with Crippen molar-refractivity contribution in [3.8, 4) is 0 Å². The van der Waals surface area contributed by atoms with Crippen LogP contribution in [0.15, 0.2) is 72.8 Å². The zero-order valence-electron chi connectivity index (χ0n) is 16.6. The predicted octanol–water partition coefficient (Wildman–Crippen LogP) is 6.40. The van der Waals surface area contributed by atoms with Crippen LogP contribution in [0.5, 0.6) is 0 Å². The van der Waals surface area contributed by atoms with Crippen LogP contribution >= 0.6 is 51.8 Å². The van der Waals surface area contributed by atoms with Crippen molar-refractivity contribution in [2.24, 2.45) is 0 Å². The summed E-state index contributed by atoms with van der Waals surface area (Å²) < 4.78 is 135. The molecule has 0 aliphatic rings. The Balaban J connectivity index is 2.08. The van der Waals surface area contributed by atoms with E-state index in [9.17, 15) is 43.2 Å². The van der Waals surface area contributed by atoms with Gasteiger partial charge in [-0.25, -0.2) is 0 Å². The molecule has 0 spiro atoms. The number of benzene rings is 2. The number of alkyl halides is 6. The molecule has 1 aromatic heterocycles. The van der Waals surface area contributed by atoms with Crippen LogP contribution in [0.25, 0.3) is 0 Å². The molecule has 3 aromatic rings. The van der Waals surface area contributed by atoms with Gasteiger partial charge in [0.15, 0.2) is 0 Å². The molecule has 0 atom stereocenters. The summed E-state index contributed by atoms with van der Waals surface area (Å²) in [6, 6.07) is 16.8. The van der Waals surface area contributed by atoms with Gasteiger partial charge in [0.1, 0.15) is 0 Å². The number of halogens is 8. The number of rotatable bonds is 8. The van der Waals surface area contributed by atoms with Gasteiger partial charge in [-0.05, 0) is 0 Å². The van der Waals surface area contributed by atoms with E-state index in [0.29, 0.717) is 11.3 Å². The second kappa shape index (κ2) is 10.8. The summed E-state index contributed by atoms with van der Waals surface area (Å²) in [6.45, 7) is 0. The summed E-state index contributed by atoms with van der Waals surface area (Å²) >= 11 is -6.92. The fraction of sp³-hybridized carbons (Fsp3) is 0.111. The average molecular weight is 788 g/mol. The van der Waals surface area contributed by atoms with E-state index in [1.165, 1.54) is 60.7 Å². The first kappa shape index (κ1) is 28.6. The van der Waals surface area contributed by atoms with Crippen LogP contribution < -0.4 is 0 Å². The maximum absolute atomic E-state index is 13.0. The van der Waals surface area contributed by atoms with Gasteiger partial charge in [0.05, 0.1) is 0 Å². The third kappa shape index (κ3) is 6.86. The molecule has 1 heterocycles. The molecular formula is C18H12F6I2O6S3. The van der Waals surface area contributed by atoms with Crippen molar-refractivity contribution in [2.75, 3.05) is 0 Å². The molecule has 0 N–H and O–H groups in total. The van der Waals surface area contributed by atoms with Gasteiger partial charge in [-0.3, -0.25) is 0 Å². The molecule has 35 heavy (non-hydrogen) atoms. The third-order valence-corrected chi connectivity index (χ3v) is 20.5. The van der Waals surface area contributed by atoms with Crippen LogP contribution in [0.4, 0.5) is 26.3 Å². The van der Waals surface area contributed by atoms with E-state index in [1.54, 1.807) is 12.1 Å². The van der Waals surface area contributed by atoms with Gasteiger partial charge in [0.25, 0.3) is 0 Å². The van der Waals surface area contributed by atoms with Gasteiger partial charge in [-0.1, -0.05) is 0 Å². The van der Waals surface area contributed by atoms with E-state index in [-0.39, 0.29) is 12.9 Å². The summed E-state index contributed by atoms with van der Waals surface area (Å²) in [6.07, 6.45) is 0. The SMILES string of the molecule is O=S(=O)(OI(c1ccccc1)c1ccc(I(OS(=O)(=O)C(F)(F)F)c2ccccc2)s1)C(F)(F)F. The first-order chi connectivity index (χ1) is 16.1. The first-order valence-corrected chi connectivity index (χ1v) is 18.5. The Labute approximate surface area is 215 Å². The normalized spacial score (nSPS) is 14.0. The Bertz CT molecular complexity index is 1260. The maximum atomic E-state index is 13.0. The minimum absolute atomic E-state index is 0.0365. The first-order valence-electron chi connectivity index (χ1n) is 8.75. The van der Waals surface area contributed by atoms with Crippen molar-refractivity contribution in [3.63, 3.8) is 0 Å². The van der Waals surface area contributed by atoms with Crippen molar-refractivity contribution in [2.45, 2.75) is 11.0 Å². The summed E-state index contributed by atoms with van der Waals surface area (Å²) in [4.78, 5) is 0. The molecule has 194 valence electrons. The van der Waals surface area contributed by atoms with Crippen LogP contribution in [-0.4, -0.2) is 27.9 Å². The van der Waals surface area contributed by atoms with E-state index < -0.39 is 71.7 Å². The van der Waals surface area contributed by atoms with Crippen molar-refractivity contribution in [1.29, 1.82) is 0 Å².